The smallest absolute Gasteiger partial charge is 0.264 e. The summed E-state index contributed by atoms with van der Waals surface area (Å²) in [6.45, 7) is 3.42. The molecular formula is C20H20Cl2N4O3S3. The number of carbonyl (C=O) groups is 1. The van der Waals surface area contributed by atoms with Gasteiger partial charge in [-0.1, -0.05) is 70.9 Å². The highest BCUT2D eigenvalue weighted by Gasteiger charge is 2.28. The third-order valence-electron chi connectivity index (χ3n) is 4.11. The molecule has 0 saturated heterocycles. The number of benzene rings is 2. The predicted octanol–water partition coefficient (Wildman–Crippen LogP) is 5.49. The van der Waals surface area contributed by atoms with Crippen LogP contribution in [0.2, 0.25) is 10.0 Å². The predicted molar refractivity (Wildman–Crippen MR) is 132 cm³/mol. The lowest BCUT2D eigenvalue weighted by molar-refractivity contribution is -0.114. The number of aryl methyl sites for hydroxylation is 1. The first-order valence-corrected chi connectivity index (χ1v) is 13.5. The molecule has 1 aromatic heterocycles. The van der Waals surface area contributed by atoms with Gasteiger partial charge < -0.3 is 0 Å². The topological polar surface area (TPSA) is 92.3 Å². The van der Waals surface area contributed by atoms with Crippen LogP contribution in [0.3, 0.4) is 0 Å². The van der Waals surface area contributed by atoms with Crippen LogP contribution in [-0.2, 0) is 14.8 Å². The molecular weight excluding hydrogens is 511 g/mol. The standard InChI is InChI=1S/C20H20Cl2N4O3S3/c1-3-8-30-20-25-24-19(31-20)23-18(27)12-26(16-10-14(21)9-15(22)11-16)32(28,29)17-6-4-13(2)5-7-17/h4-7,9-11H,3,8,12H2,1-2H3,(H,23,24,27). The van der Waals surface area contributed by atoms with Crippen molar-refractivity contribution < 1.29 is 13.2 Å². The number of amides is 1. The van der Waals surface area contributed by atoms with Crippen molar-refractivity contribution in [2.75, 3.05) is 21.9 Å². The van der Waals surface area contributed by atoms with Gasteiger partial charge in [0.2, 0.25) is 11.0 Å². The molecule has 0 unspecified atom stereocenters. The molecule has 0 spiro atoms. The van der Waals surface area contributed by atoms with Gasteiger partial charge in [-0.05, 0) is 43.7 Å². The molecule has 0 aliphatic carbocycles. The maximum absolute atomic E-state index is 13.4. The van der Waals surface area contributed by atoms with E-state index in [4.69, 9.17) is 23.2 Å². The van der Waals surface area contributed by atoms with E-state index in [1.807, 2.05) is 6.92 Å². The van der Waals surface area contributed by atoms with Gasteiger partial charge in [0.05, 0.1) is 10.6 Å². The largest absolute Gasteiger partial charge is 0.299 e. The van der Waals surface area contributed by atoms with Crippen LogP contribution in [0, 0.1) is 6.92 Å². The summed E-state index contributed by atoms with van der Waals surface area (Å²) in [7, 11) is -4.08. The fourth-order valence-electron chi connectivity index (χ4n) is 2.63. The van der Waals surface area contributed by atoms with E-state index in [-0.39, 0.29) is 20.6 Å². The van der Waals surface area contributed by atoms with Crippen molar-refractivity contribution in [2.24, 2.45) is 0 Å². The van der Waals surface area contributed by atoms with Crippen molar-refractivity contribution in [1.29, 1.82) is 0 Å². The molecule has 3 rings (SSSR count). The van der Waals surface area contributed by atoms with E-state index in [2.05, 4.69) is 22.4 Å². The van der Waals surface area contributed by atoms with Crippen molar-refractivity contribution in [3.8, 4) is 0 Å². The second-order valence-electron chi connectivity index (χ2n) is 6.72. The molecule has 0 atom stereocenters. The van der Waals surface area contributed by atoms with Gasteiger partial charge in [-0.3, -0.25) is 14.4 Å². The molecule has 3 aromatic rings. The molecule has 0 saturated carbocycles. The minimum absolute atomic E-state index is 0.0427. The van der Waals surface area contributed by atoms with Crippen LogP contribution >= 0.6 is 46.3 Å². The first-order valence-electron chi connectivity index (χ1n) is 9.50. The number of hydrogen-bond acceptors (Lipinski definition) is 7. The Hall–Kier alpha value is -1.85. The molecule has 0 bridgehead atoms. The highest BCUT2D eigenvalue weighted by Crippen LogP contribution is 2.30. The fraction of sp³-hybridized carbons (Fsp3) is 0.250. The van der Waals surface area contributed by atoms with Gasteiger partial charge >= 0.3 is 0 Å². The highest BCUT2D eigenvalue weighted by molar-refractivity contribution is 8.01. The van der Waals surface area contributed by atoms with Gasteiger partial charge in [-0.2, -0.15) is 0 Å². The van der Waals surface area contributed by atoms with Gasteiger partial charge in [0.1, 0.15) is 6.54 Å². The maximum Gasteiger partial charge on any atom is 0.264 e. The van der Waals surface area contributed by atoms with Crippen molar-refractivity contribution in [1.82, 2.24) is 10.2 Å². The maximum atomic E-state index is 13.4. The number of nitrogens with one attached hydrogen (secondary N) is 1. The zero-order valence-electron chi connectivity index (χ0n) is 17.2. The Balaban J connectivity index is 1.89. The van der Waals surface area contributed by atoms with Crippen LogP contribution in [0.1, 0.15) is 18.9 Å². The van der Waals surface area contributed by atoms with Crippen molar-refractivity contribution in [2.45, 2.75) is 29.5 Å². The van der Waals surface area contributed by atoms with Crippen LogP contribution in [0.5, 0.6) is 0 Å². The Kier molecular flexibility index (Phi) is 8.40. The first kappa shape index (κ1) is 24.8. The van der Waals surface area contributed by atoms with Crippen LogP contribution in [0.15, 0.2) is 51.7 Å². The van der Waals surface area contributed by atoms with E-state index in [1.54, 1.807) is 23.9 Å². The summed E-state index contributed by atoms with van der Waals surface area (Å²) < 4.78 is 28.5. The Morgan fingerprint density at radius 3 is 2.41 bits per heavy atom. The molecule has 0 fully saturated rings. The normalized spacial score (nSPS) is 11.4. The van der Waals surface area contributed by atoms with Gasteiger partial charge in [-0.25, -0.2) is 8.42 Å². The third kappa shape index (κ3) is 6.35. The second-order valence-corrected chi connectivity index (χ2v) is 11.8. The zero-order chi connectivity index (χ0) is 23.3. The molecule has 12 heteroatoms. The lowest BCUT2D eigenvalue weighted by Gasteiger charge is -2.24. The summed E-state index contributed by atoms with van der Waals surface area (Å²) in [4.78, 5) is 12.8. The van der Waals surface area contributed by atoms with Crippen LogP contribution in [-0.4, -0.2) is 36.8 Å². The Bertz CT molecular complexity index is 1180. The van der Waals surface area contributed by atoms with Crippen LogP contribution < -0.4 is 9.62 Å². The van der Waals surface area contributed by atoms with Gasteiger partial charge in [-0.15, -0.1) is 10.2 Å². The minimum atomic E-state index is -4.08. The molecule has 0 aliphatic rings. The second kappa shape index (κ2) is 10.8. The zero-order valence-corrected chi connectivity index (χ0v) is 21.2. The number of nitrogens with zero attached hydrogens (tertiary/aromatic N) is 3. The van der Waals surface area contributed by atoms with Crippen LogP contribution in [0.4, 0.5) is 10.8 Å². The van der Waals surface area contributed by atoms with Crippen molar-refractivity contribution in [3.63, 3.8) is 0 Å². The van der Waals surface area contributed by atoms with E-state index >= 15 is 0 Å². The molecule has 1 amide bonds. The van der Waals surface area contributed by atoms with Crippen LogP contribution in [0.25, 0.3) is 0 Å². The lowest BCUT2D eigenvalue weighted by atomic mass is 10.2. The number of rotatable bonds is 9. The summed E-state index contributed by atoms with van der Waals surface area (Å²) >= 11 is 15.0. The number of thioether (sulfide) groups is 1. The molecule has 1 heterocycles. The molecule has 0 radical (unpaired) electrons. The number of sulfonamides is 1. The molecule has 170 valence electrons. The molecule has 32 heavy (non-hydrogen) atoms. The number of carbonyl (C=O) groups excluding carboxylic acids is 1. The third-order valence-corrected chi connectivity index (χ3v) is 8.52. The Morgan fingerprint density at radius 1 is 1.12 bits per heavy atom. The summed E-state index contributed by atoms with van der Waals surface area (Å²) in [5.41, 5.74) is 1.08. The number of aromatic nitrogens is 2. The molecule has 7 nitrogen and oxygen atoms in total. The van der Waals surface area contributed by atoms with E-state index < -0.39 is 22.5 Å². The Morgan fingerprint density at radius 2 is 1.78 bits per heavy atom. The average molecular weight is 532 g/mol. The number of halogens is 2. The number of hydrogen-bond donors (Lipinski definition) is 1. The fourth-order valence-corrected chi connectivity index (χ4v) is 6.25. The summed E-state index contributed by atoms with van der Waals surface area (Å²) in [6.07, 6.45) is 0.986. The quantitative estimate of drug-likeness (QED) is 0.290. The first-order chi connectivity index (χ1) is 15.2. The summed E-state index contributed by atoms with van der Waals surface area (Å²) in [5.74, 6) is 0.320. The molecule has 2 aromatic carbocycles. The van der Waals surface area contributed by atoms with E-state index in [0.717, 1.165) is 26.4 Å². The average Bonchev–Trinajstić information content (AvgIpc) is 3.17. The highest BCUT2D eigenvalue weighted by atomic mass is 35.5. The molecule has 0 aliphatic heterocycles. The van der Waals surface area contributed by atoms with Crippen molar-refractivity contribution >= 4 is 73.0 Å². The van der Waals surface area contributed by atoms with Gasteiger partial charge in [0.25, 0.3) is 10.0 Å². The minimum Gasteiger partial charge on any atom is -0.299 e. The number of anilines is 2. The monoisotopic (exact) mass is 530 g/mol. The van der Waals surface area contributed by atoms with Crippen molar-refractivity contribution in [3.05, 3.63) is 58.1 Å². The van der Waals surface area contributed by atoms with E-state index in [0.29, 0.717) is 5.13 Å². The summed E-state index contributed by atoms with van der Waals surface area (Å²) in [5, 5.41) is 11.4. The van der Waals surface area contributed by atoms with E-state index in [1.165, 1.54) is 41.7 Å². The summed E-state index contributed by atoms with van der Waals surface area (Å²) in [6, 6.07) is 10.7. The van der Waals surface area contributed by atoms with Gasteiger partial charge in [0.15, 0.2) is 4.34 Å². The lowest BCUT2D eigenvalue weighted by Crippen LogP contribution is -2.38. The van der Waals surface area contributed by atoms with Gasteiger partial charge in [0, 0.05) is 15.8 Å². The molecule has 1 N–H and O–H groups in total. The Labute approximate surface area is 205 Å². The SMILES string of the molecule is CCCSc1nnc(NC(=O)CN(c2cc(Cl)cc(Cl)c2)S(=O)(=O)c2ccc(C)cc2)s1. The van der Waals surface area contributed by atoms with E-state index in [9.17, 15) is 13.2 Å².